The van der Waals surface area contributed by atoms with E-state index < -0.39 is 0 Å². The monoisotopic (exact) mass is 367 g/mol. The summed E-state index contributed by atoms with van der Waals surface area (Å²) in [5.41, 5.74) is 2.82. The lowest BCUT2D eigenvalue weighted by atomic mass is 9.93. The zero-order valence-corrected chi connectivity index (χ0v) is 15.3. The number of hydrogen-bond donors (Lipinski definition) is 1. The van der Waals surface area contributed by atoms with Gasteiger partial charge in [-0.2, -0.15) is 5.10 Å². The highest BCUT2D eigenvalue weighted by Gasteiger charge is 2.30. The maximum absolute atomic E-state index is 13.2. The Labute approximate surface area is 156 Å². The lowest BCUT2D eigenvalue weighted by Crippen LogP contribution is -2.39. The van der Waals surface area contributed by atoms with Crippen molar-refractivity contribution in [1.82, 2.24) is 25.1 Å². The van der Waals surface area contributed by atoms with Gasteiger partial charge in [-0.1, -0.05) is 6.07 Å². The number of hydrogen-bond acceptors (Lipinski definition) is 6. The highest BCUT2D eigenvalue weighted by Crippen LogP contribution is 2.34. The summed E-state index contributed by atoms with van der Waals surface area (Å²) in [6, 6.07) is 5.35. The molecule has 1 fully saturated rings. The molecule has 4 rings (SSSR count). The van der Waals surface area contributed by atoms with Crippen LogP contribution in [0.5, 0.6) is 11.5 Å². The molecule has 8 nitrogen and oxygen atoms in total. The summed E-state index contributed by atoms with van der Waals surface area (Å²) in [5, 5.41) is 7.30. The molecule has 0 radical (unpaired) electrons. The molecule has 0 spiro atoms. The number of carbonyl (C=O) groups excluding carboxylic acids is 1. The molecule has 140 valence electrons. The molecule has 0 saturated carbocycles. The van der Waals surface area contributed by atoms with Gasteiger partial charge in [0, 0.05) is 31.4 Å². The molecule has 1 aromatic carbocycles. The van der Waals surface area contributed by atoms with Crippen LogP contribution in [-0.4, -0.2) is 58.3 Å². The number of methoxy groups -OCH3 is 2. The maximum Gasteiger partial charge on any atom is 0.257 e. The van der Waals surface area contributed by atoms with E-state index >= 15 is 0 Å². The molecular formula is C19H21N5O3. The molecule has 8 heteroatoms. The molecule has 1 aliphatic heterocycles. The minimum Gasteiger partial charge on any atom is -0.493 e. The van der Waals surface area contributed by atoms with Crippen LogP contribution in [0.25, 0.3) is 11.2 Å². The fraction of sp³-hybridized carbons (Fsp3) is 0.368. The Hall–Kier alpha value is -3.16. The van der Waals surface area contributed by atoms with Crippen molar-refractivity contribution in [2.45, 2.75) is 18.8 Å². The number of likely N-dealkylation sites (tertiary alicyclic amines) is 1. The molecule has 1 aliphatic rings. The summed E-state index contributed by atoms with van der Waals surface area (Å²) >= 11 is 0. The highest BCUT2D eigenvalue weighted by molar-refractivity contribution is 5.98. The SMILES string of the molecule is COc1cccc(C(=O)N2CCCC(c3[nH]nc4nccnc34)C2)c1OC. The number of nitrogens with one attached hydrogen (secondary N) is 1. The molecule has 3 heterocycles. The molecular weight excluding hydrogens is 346 g/mol. The Kier molecular flexibility index (Phi) is 4.62. The molecule has 0 aliphatic carbocycles. The van der Waals surface area contributed by atoms with Gasteiger partial charge in [0.05, 0.1) is 25.5 Å². The van der Waals surface area contributed by atoms with Gasteiger partial charge in [0.25, 0.3) is 5.91 Å². The second-order valence-electron chi connectivity index (χ2n) is 6.50. The number of aromatic amines is 1. The van der Waals surface area contributed by atoms with E-state index in [0.29, 0.717) is 35.8 Å². The summed E-state index contributed by atoms with van der Waals surface area (Å²) in [6.45, 7) is 1.29. The van der Waals surface area contributed by atoms with Crippen LogP contribution < -0.4 is 9.47 Å². The molecule has 3 aromatic rings. The average molecular weight is 367 g/mol. The number of para-hydroxylation sites is 1. The van der Waals surface area contributed by atoms with Crippen LogP contribution in [0.3, 0.4) is 0 Å². The Balaban J connectivity index is 1.61. The number of H-pyrrole nitrogens is 1. The van der Waals surface area contributed by atoms with Crippen LogP contribution >= 0.6 is 0 Å². The van der Waals surface area contributed by atoms with Crippen LogP contribution in [0.4, 0.5) is 0 Å². The largest absolute Gasteiger partial charge is 0.493 e. The van der Waals surface area contributed by atoms with Crippen molar-refractivity contribution in [2.24, 2.45) is 0 Å². The number of nitrogens with zero attached hydrogens (tertiary/aromatic N) is 4. The van der Waals surface area contributed by atoms with E-state index in [-0.39, 0.29) is 11.8 Å². The topological polar surface area (TPSA) is 93.2 Å². The van der Waals surface area contributed by atoms with Crippen molar-refractivity contribution in [3.8, 4) is 11.5 Å². The van der Waals surface area contributed by atoms with Crippen LogP contribution in [0.15, 0.2) is 30.6 Å². The molecule has 1 unspecified atom stereocenters. The standard InChI is InChI=1S/C19H21N5O3/c1-26-14-7-3-6-13(17(14)27-2)19(25)24-10-4-5-12(11-24)15-16-18(23-22-15)21-9-8-20-16/h3,6-9,12H,4-5,10-11H2,1-2H3,(H,21,22,23). The first-order valence-corrected chi connectivity index (χ1v) is 8.88. The first-order chi connectivity index (χ1) is 13.2. The number of benzene rings is 1. The minimum absolute atomic E-state index is 0.0645. The van der Waals surface area contributed by atoms with E-state index in [1.807, 2.05) is 4.90 Å². The van der Waals surface area contributed by atoms with Gasteiger partial charge in [-0.25, -0.2) is 9.97 Å². The smallest absolute Gasteiger partial charge is 0.257 e. The van der Waals surface area contributed by atoms with E-state index in [0.717, 1.165) is 24.1 Å². The number of rotatable bonds is 4. The average Bonchev–Trinajstić information content (AvgIpc) is 3.16. The third-order valence-corrected chi connectivity index (χ3v) is 4.97. The predicted octanol–water partition coefficient (Wildman–Crippen LogP) is 2.39. The summed E-state index contributed by atoms with van der Waals surface area (Å²) < 4.78 is 10.7. The number of amides is 1. The third kappa shape index (κ3) is 3.07. The van der Waals surface area contributed by atoms with E-state index in [1.54, 1.807) is 44.8 Å². The molecule has 1 saturated heterocycles. The molecule has 1 amide bonds. The van der Waals surface area contributed by atoms with E-state index in [1.165, 1.54) is 0 Å². The molecule has 2 aromatic heterocycles. The number of aromatic nitrogens is 4. The van der Waals surface area contributed by atoms with Crippen LogP contribution in [0.1, 0.15) is 34.8 Å². The first-order valence-electron chi connectivity index (χ1n) is 8.88. The fourth-order valence-electron chi connectivity index (χ4n) is 3.68. The quantitative estimate of drug-likeness (QED) is 0.761. The van der Waals surface area contributed by atoms with Gasteiger partial charge in [0.1, 0.15) is 5.52 Å². The minimum atomic E-state index is -0.0645. The lowest BCUT2D eigenvalue weighted by molar-refractivity contribution is 0.0702. The Morgan fingerprint density at radius 1 is 1.22 bits per heavy atom. The van der Waals surface area contributed by atoms with Crippen LogP contribution in [0.2, 0.25) is 0 Å². The highest BCUT2D eigenvalue weighted by atomic mass is 16.5. The van der Waals surface area contributed by atoms with Gasteiger partial charge in [-0.3, -0.25) is 9.89 Å². The number of carbonyl (C=O) groups is 1. The van der Waals surface area contributed by atoms with Crippen molar-refractivity contribution in [2.75, 3.05) is 27.3 Å². The van der Waals surface area contributed by atoms with E-state index in [2.05, 4.69) is 20.2 Å². The maximum atomic E-state index is 13.2. The number of piperidine rings is 1. The van der Waals surface area contributed by atoms with Crippen LogP contribution in [-0.2, 0) is 0 Å². The Morgan fingerprint density at radius 2 is 2.07 bits per heavy atom. The number of fused-ring (bicyclic) bond motifs is 1. The van der Waals surface area contributed by atoms with Crippen molar-refractivity contribution in [3.63, 3.8) is 0 Å². The van der Waals surface area contributed by atoms with Crippen molar-refractivity contribution >= 4 is 17.1 Å². The van der Waals surface area contributed by atoms with Gasteiger partial charge < -0.3 is 14.4 Å². The van der Waals surface area contributed by atoms with Gasteiger partial charge in [0.2, 0.25) is 0 Å². The van der Waals surface area contributed by atoms with Crippen molar-refractivity contribution < 1.29 is 14.3 Å². The van der Waals surface area contributed by atoms with Gasteiger partial charge in [-0.15, -0.1) is 0 Å². The van der Waals surface area contributed by atoms with Crippen LogP contribution in [0, 0.1) is 0 Å². The van der Waals surface area contributed by atoms with E-state index in [4.69, 9.17) is 9.47 Å². The van der Waals surface area contributed by atoms with Crippen molar-refractivity contribution in [3.05, 3.63) is 41.9 Å². The predicted molar refractivity (Wildman–Crippen MR) is 99.1 cm³/mol. The molecule has 27 heavy (non-hydrogen) atoms. The third-order valence-electron chi connectivity index (χ3n) is 4.97. The molecule has 0 bridgehead atoms. The zero-order chi connectivity index (χ0) is 18.8. The fourth-order valence-corrected chi connectivity index (χ4v) is 3.68. The Bertz CT molecular complexity index is 971. The zero-order valence-electron chi connectivity index (χ0n) is 15.3. The second kappa shape index (κ2) is 7.22. The summed E-state index contributed by atoms with van der Waals surface area (Å²) in [7, 11) is 3.11. The van der Waals surface area contributed by atoms with Gasteiger partial charge in [-0.05, 0) is 25.0 Å². The normalized spacial score (nSPS) is 17.1. The summed E-state index contributed by atoms with van der Waals surface area (Å²) in [5.74, 6) is 1.09. The molecule has 1 N–H and O–H groups in total. The van der Waals surface area contributed by atoms with Crippen molar-refractivity contribution in [1.29, 1.82) is 0 Å². The van der Waals surface area contributed by atoms with E-state index in [9.17, 15) is 4.79 Å². The number of ether oxygens (including phenoxy) is 2. The van der Waals surface area contributed by atoms with Gasteiger partial charge in [0.15, 0.2) is 17.1 Å². The lowest BCUT2D eigenvalue weighted by Gasteiger charge is -2.32. The molecule has 1 atom stereocenters. The first kappa shape index (κ1) is 17.3. The van der Waals surface area contributed by atoms with Gasteiger partial charge >= 0.3 is 0 Å². The summed E-state index contributed by atoms with van der Waals surface area (Å²) in [6.07, 6.45) is 5.16. The summed E-state index contributed by atoms with van der Waals surface area (Å²) in [4.78, 5) is 23.6. The second-order valence-corrected chi connectivity index (χ2v) is 6.50. The Morgan fingerprint density at radius 3 is 2.89 bits per heavy atom.